The molecule has 1 atom stereocenters. The SMILES string of the molecule is C#CCCCC(CCc1ccc(OC)cc1)NC. The molecule has 0 aliphatic rings. The summed E-state index contributed by atoms with van der Waals surface area (Å²) in [6, 6.07) is 8.85. The number of aryl methyl sites for hydroxylation is 1. The number of hydrogen-bond donors (Lipinski definition) is 1. The Morgan fingerprint density at radius 1 is 1.28 bits per heavy atom. The molecule has 0 heterocycles. The van der Waals surface area contributed by atoms with Gasteiger partial charge in [0.2, 0.25) is 0 Å². The number of methoxy groups -OCH3 is 1. The molecule has 18 heavy (non-hydrogen) atoms. The summed E-state index contributed by atoms with van der Waals surface area (Å²) in [5.74, 6) is 3.61. The molecule has 0 spiro atoms. The van der Waals surface area contributed by atoms with Crippen LogP contribution in [-0.4, -0.2) is 20.2 Å². The smallest absolute Gasteiger partial charge is 0.118 e. The maximum Gasteiger partial charge on any atom is 0.118 e. The number of nitrogens with one attached hydrogen (secondary N) is 1. The molecule has 2 nitrogen and oxygen atoms in total. The lowest BCUT2D eigenvalue weighted by Gasteiger charge is -2.15. The molecule has 0 aliphatic carbocycles. The molecule has 0 saturated heterocycles. The Bertz CT molecular complexity index is 364. The van der Waals surface area contributed by atoms with Crippen molar-refractivity contribution in [2.24, 2.45) is 0 Å². The summed E-state index contributed by atoms with van der Waals surface area (Å²) in [5, 5.41) is 3.36. The van der Waals surface area contributed by atoms with Crippen molar-refractivity contribution < 1.29 is 4.74 Å². The van der Waals surface area contributed by atoms with Gasteiger partial charge in [0.15, 0.2) is 0 Å². The molecule has 0 fully saturated rings. The van der Waals surface area contributed by atoms with E-state index in [4.69, 9.17) is 11.2 Å². The Balaban J connectivity index is 2.34. The maximum atomic E-state index is 5.27. The van der Waals surface area contributed by atoms with Crippen molar-refractivity contribution in [3.8, 4) is 18.1 Å². The van der Waals surface area contributed by atoms with Crippen molar-refractivity contribution >= 4 is 0 Å². The van der Waals surface area contributed by atoms with Crippen LogP contribution in [0.1, 0.15) is 31.2 Å². The normalized spacial score (nSPS) is 11.8. The molecule has 1 aromatic rings. The summed E-state index contributed by atoms with van der Waals surface area (Å²) in [6.45, 7) is 0. The van der Waals surface area contributed by atoms with Gasteiger partial charge in [0.05, 0.1) is 7.11 Å². The predicted molar refractivity (Wildman–Crippen MR) is 76.8 cm³/mol. The van der Waals surface area contributed by atoms with Crippen molar-refractivity contribution in [3.05, 3.63) is 29.8 Å². The fourth-order valence-corrected chi connectivity index (χ4v) is 2.02. The highest BCUT2D eigenvalue weighted by atomic mass is 16.5. The van der Waals surface area contributed by atoms with Crippen LogP contribution in [0.4, 0.5) is 0 Å². The Hall–Kier alpha value is -1.46. The first-order valence-corrected chi connectivity index (χ1v) is 6.53. The number of ether oxygens (including phenoxy) is 1. The van der Waals surface area contributed by atoms with Crippen LogP contribution in [0.5, 0.6) is 5.75 Å². The zero-order valence-electron chi connectivity index (χ0n) is 11.4. The van der Waals surface area contributed by atoms with Crippen molar-refractivity contribution in [3.63, 3.8) is 0 Å². The number of rotatable bonds is 8. The molecule has 0 bridgehead atoms. The van der Waals surface area contributed by atoms with E-state index in [2.05, 4.69) is 23.4 Å². The Morgan fingerprint density at radius 3 is 2.56 bits per heavy atom. The third-order valence-corrected chi connectivity index (χ3v) is 3.22. The molecular weight excluding hydrogens is 222 g/mol. The lowest BCUT2D eigenvalue weighted by Crippen LogP contribution is -2.25. The minimum atomic E-state index is 0.556. The maximum absolute atomic E-state index is 5.27. The number of terminal acetylenes is 1. The van der Waals surface area contributed by atoms with Crippen LogP contribution in [0.2, 0.25) is 0 Å². The van der Waals surface area contributed by atoms with Gasteiger partial charge in [0.25, 0.3) is 0 Å². The summed E-state index contributed by atoms with van der Waals surface area (Å²) in [7, 11) is 3.71. The standard InChI is InChI=1S/C16H23NO/c1-4-5-6-7-15(17-2)11-8-14-9-12-16(18-3)13-10-14/h1,9-10,12-13,15,17H,5-8,11H2,2-3H3. The lowest BCUT2D eigenvalue weighted by atomic mass is 10.0. The molecule has 0 aromatic heterocycles. The van der Waals surface area contributed by atoms with Crippen LogP contribution in [0, 0.1) is 12.3 Å². The van der Waals surface area contributed by atoms with Gasteiger partial charge in [-0.1, -0.05) is 12.1 Å². The Labute approximate surface area is 111 Å². The minimum absolute atomic E-state index is 0.556. The molecule has 98 valence electrons. The van der Waals surface area contributed by atoms with E-state index in [1.54, 1.807) is 7.11 Å². The largest absolute Gasteiger partial charge is 0.497 e. The highest BCUT2D eigenvalue weighted by Gasteiger charge is 2.05. The van der Waals surface area contributed by atoms with Gasteiger partial charge in [-0.3, -0.25) is 0 Å². The predicted octanol–water partition coefficient (Wildman–Crippen LogP) is 3.02. The second-order valence-corrected chi connectivity index (χ2v) is 4.47. The van der Waals surface area contributed by atoms with Gasteiger partial charge in [-0.2, -0.15) is 0 Å². The monoisotopic (exact) mass is 245 g/mol. The summed E-state index contributed by atoms with van der Waals surface area (Å²) in [5.41, 5.74) is 1.35. The average Bonchev–Trinajstić information content (AvgIpc) is 2.43. The van der Waals surface area contributed by atoms with E-state index in [1.807, 2.05) is 19.2 Å². The molecule has 1 rings (SSSR count). The van der Waals surface area contributed by atoms with E-state index in [9.17, 15) is 0 Å². The van der Waals surface area contributed by atoms with Gasteiger partial charge in [0.1, 0.15) is 5.75 Å². The zero-order chi connectivity index (χ0) is 13.2. The molecule has 2 heteroatoms. The number of hydrogen-bond acceptors (Lipinski definition) is 2. The van der Waals surface area contributed by atoms with Crippen molar-refractivity contribution in [2.75, 3.05) is 14.2 Å². The first kappa shape index (κ1) is 14.6. The second-order valence-electron chi connectivity index (χ2n) is 4.47. The number of unbranched alkanes of at least 4 members (excludes halogenated alkanes) is 1. The van der Waals surface area contributed by atoms with Crippen LogP contribution in [0.15, 0.2) is 24.3 Å². The van der Waals surface area contributed by atoms with E-state index >= 15 is 0 Å². The molecule has 1 N–H and O–H groups in total. The molecule has 1 unspecified atom stereocenters. The van der Waals surface area contributed by atoms with Gasteiger partial charge in [-0.05, 0) is 50.4 Å². The van der Waals surface area contributed by atoms with E-state index in [-0.39, 0.29) is 0 Å². The third kappa shape index (κ3) is 5.25. The fourth-order valence-electron chi connectivity index (χ4n) is 2.02. The summed E-state index contributed by atoms with van der Waals surface area (Å²) < 4.78 is 5.15. The Kier molecular flexibility index (Phi) is 6.98. The van der Waals surface area contributed by atoms with Crippen molar-refractivity contribution in [1.29, 1.82) is 0 Å². The van der Waals surface area contributed by atoms with Gasteiger partial charge in [0, 0.05) is 12.5 Å². The average molecular weight is 245 g/mol. The minimum Gasteiger partial charge on any atom is -0.497 e. The summed E-state index contributed by atoms with van der Waals surface area (Å²) >= 11 is 0. The zero-order valence-corrected chi connectivity index (χ0v) is 11.4. The van der Waals surface area contributed by atoms with Crippen molar-refractivity contribution in [2.45, 2.75) is 38.1 Å². The number of benzene rings is 1. The van der Waals surface area contributed by atoms with E-state index < -0.39 is 0 Å². The quantitative estimate of drug-likeness (QED) is 0.561. The van der Waals surface area contributed by atoms with Crippen LogP contribution in [0.25, 0.3) is 0 Å². The highest BCUT2D eigenvalue weighted by Crippen LogP contribution is 2.14. The Morgan fingerprint density at radius 2 is 2.00 bits per heavy atom. The fraction of sp³-hybridized carbons (Fsp3) is 0.500. The van der Waals surface area contributed by atoms with Crippen LogP contribution in [0.3, 0.4) is 0 Å². The van der Waals surface area contributed by atoms with E-state index in [0.717, 1.165) is 37.9 Å². The van der Waals surface area contributed by atoms with Gasteiger partial charge < -0.3 is 10.1 Å². The lowest BCUT2D eigenvalue weighted by molar-refractivity contribution is 0.414. The van der Waals surface area contributed by atoms with E-state index in [1.165, 1.54) is 5.56 Å². The third-order valence-electron chi connectivity index (χ3n) is 3.22. The summed E-state index contributed by atoms with van der Waals surface area (Å²) in [4.78, 5) is 0. The van der Waals surface area contributed by atoms with Gasteiger partial charge in [-0.25, -0.2) is 0 Å². The molecule has 1 aromatic carbocycles. The summed E-state index contributed by atoms with van der Waals surface area (Å²) in [6.07, 6.45) is 10.6. The molecule has 0 saturated carbocycles. The van der Waals surface area contributed by atoms with Crippen LogP contribution >= 0.6 is 0 Å². The van der Waals surface area contributed by atoms with Gasteiger partial charge in [-0.15, -0.1) is 12.3 Å². The van der Waals surface area contributed by atoms with E-state index in [0.29, 0.717) is 6.04 Å². The molecule has 0 aliphatic heterocycles. The second kappa shape index (κ2) is 8.60. The van der Waals surface area contributed by atoms with Crippen LogP contribution < -0.4 is 10.1 Å². The molecule has 0 radical (unpaired) electrons. The first-order chi connectivity index (χ1) is 8.80. The van der Waals surface area contributed by atoms with Gasteiger partial charge >= 0.3 is 0 Å². The van der Waals surface area contributed by atoms with Crippen LogP contribution in [-0.2, 0) is 6.42 Å². The first-order valence-electron chi connectivity index (χ1n) is 6.53. The molecule has 0 amide bonds. The van der Waals surface area contributed by atoms with Crippen molar-refractivity contribution in [1.82, 2.24) is 5.32 Å². The topological polar surface area (TPSA) is 21.3 Å². The molecular formula is C16H23NO. The highest BCUT2D eigenvalue weighted by molar-refractivity contribution is 5.27.